The lowest BCUT2D eigenvalue weighted by atomic mass is 10.6. The zero-order valence-electron chi connectivity index (χ0n) is 7.68. The molecule has 0 aliphatic heterocycles. The second kappa shape index (κ2) is 3.34. The molecule has 0 bridgehead atoms. The summed E-state index contributed by atoms with van der Waals surface area (Å²) in [7, 11) is -1.05. The summed E-state index contributed by atoms with van der Waals surface area (Å²) in [5, 5.41) is 9.38. The minimum Gasteiger partial charge on any atom is -0.480 e. The summed E-state index contributed by atoms with van der Waals surface area (Å²) in [5.41, 5.74) is 0. The topological polar surface area (TPSA) is 72.3 Å². The predicted molar refractivity (Wildman–Crippen MR) is 49.3 cm³/mol. The van der Waals surface area contributed by atoms with Gasteiger partial charge in [-0.2, -0.15) is 4.98 Å². The normalized spacial score (nSPS) is 11.3. The Morgan fingerprint density at radius 1 is 1.54 bits per heavy atom. The van der Waals surface area contributed by atoms with Crippen LogP contribution in [0.1, 0.15) is 0 Å². The number of nitrogens with zero attached hydrogens (tertiary/aromatic N) is 2. The summed E-state index contributed by atoms with van der Waals surface area (Å²) in [6.45, 7) is 3.18. The smallest absolute Gasteiger partial charge is 0.317 e. The van der Waals surface area contributed by atoms with Crippen molar-refractivity contribution in [1.82, 2.24) is 9.97 Å². The number of ether oxygens (including phenoxy) is 1. The van der Waals surface area contributed by atoms with E-state index in [0.29, 0.717) is 5.30 Å². The van der Waals surface area contributed by atoms with Crippen LogP contribution in [-0.4, -0.2) is 35.5 Å². The van der Waals surface area contributed by atoms with Gasteiger partial charge in [-0.3, -0.25) is 0 Å². The van der Waals surface area contributed by atoms with E-state index in [1.165, 1.54) is 13.3 Å². The highest BCUT2D eigenvalue weighted by molar-refractivity contribution is 7.70. The lowest BCUT2D eigenvalue weighted by Gasteiger charge is -2.09. The number of aromatic nitrogens is 2. The maximum atomic E-state index is 11.7. The van der Waals surface area contributed by atoms with Gasteiger partial charge in [-0.15, -0.1) is 0 Å². The van der Waals surface area contributed by atoms with Crippen LogP contribution in [0.15, 0.2) is 6.20 Å². The number of hydrogen-bond donors (Lipinski definition) is 1. The van der Waals surface area contributed by atoms with Crippen LogP contribution in [0.25, 0.3) is 0 Å². The number of aromatic hydroxyl groups is 1. The molecule has 13 heavy (non-hydrogen) atoms. The van der Waals surface area contributed by atoms with Gasteiger partial charge in [-0.05, 0) is 13.3 Å². The standard InChI is InChI=1S/C7H11N2O3P/c1-12-6-5(13(2,3)11)4-8-7(10)9-6/h4H,1-3H3,(H,8,9,10). The zero-order valence-corrected chi connectivity index (χ0v) is 8.58. The van der Waals surface area contributed by atoms with Gasteiger partial charge < -0.3 is 14.4 Å². The Morgan fingerprint density at radius 3 is 2.62 bits per heavy atom. The molecular formula is C7H11N2O3P. The van der Waals surface area contributed by atoms with E-state index in [2.05, 4.69) is 9.97 Å². The van der Waals surface area contributed by atoms with E-state index in [4.69, 9.17) is 9.84 Å². The van der Waals surface area contributed by atoms with Crippen molar-refractivity contribution in [3.63, 3.8) is 0 Å². The van der Waals surface area contributed by atoms with Gasteiger partial charge in [0.25, 0.3) is 0 Å². The summed E-state index contributed by atoms with van der Waals surface area (Å²) >= 11 is 0. The molecule has 72 valence electrons. The molecule has 0 radical (unpaired) electrons. The van der Waals surface area contributed by atoms with E-state index in [9.17, 15) is 4.57 Å². The molecule has 1 heterocycles. The molecule has 0 saturated carbocycles. The van der Waals surface area contributed by atoms with E-state index in [0.717, 1.165) is 0 Å². The Bertz CT molecular complexity index is 361. The first-order valence-corrected chi connectivity index (χ1v) is 6.21. The maximum absolute atomic E-state index is 11.7. The van der Waals surface area contributed by atoms with Crippen molar-refractivity contribution in [3.8, 4) is 11.9 Å². The Kier molecular flexibility index (Phi) is 2.57. The van der Waals surface area contributed by atoms with Gasteiger partial charge >= 0.3 is 6.01 Å². The van der Waals surface area contributed by atoms with Gasteiger partial charge in [0.05, 0.1) is 12.4 Å². The second-order valence-corrected chi connectivity index (χ2v) is 6.10. The van der Waals surface area contributed by atoms with Gasteiger partial charge in [0.2, 0.25) is 5.88 Å². The third kappa shape index (κ3) is 2.18. The van der Waals surface area contributed by atoms with Crippen LogP contribution < -0.4 is 10.0 Å². The van der Waals surface area contributed by atoms with Gasteiger partial charge in [0.15, 0.2) is 0 Å². The largest absolute Gasteiger partial charge is 0.480 e. The molecule has 0 aliphatic rings. The Labute approximate surface area is 76.2 Å². The average molecular weight is 202 g/mol. The zero-order chi connectivity index (χ0) is 10.1. The van der Waals surface area contributed by atoms with Gasteiger partial charge in [-0.25, -0.2) is 4.98 Å². The molecule has 1 aromatic rings. The Balaban J connectivity index is 3.30. The molecule has 0 aromatic carbocycles. The molecule has 0 spiro atoms. The molecule has 6 heteroatoms. The van der Waals surface area contributed by atoms with Crippen molar-refractivity contribution >= 4 is 12.4 Å². The van der Waals surface area contributed by atoms with Crippen molar-refractivity contribution in [1.29, 1.82) is 0 Å². The number of hydrogen-bond acceptors (Lipinski definition) is 5. The van der Waals surface area contributed by atoms with Crippen LogP contribution in [0.2, 0.25) is 0 Å². The van der Waals surface area contributed by atoms with Crippen molar-refractivity contribution in [2.24, 2.45) is 0 Å². The summed E-state index contributed by atoms with van der Waals surface area (Å²) in [6.07, 6.45) is 1.32. The fourth-order valence-electron chi connectivity index (χ4n) is 0.871. The van der Waals surface area contributed by atoms with E-state index >= 15 is 0 Å². The van der Waals surface area contributed by atoms with Crippen LogP contribution in [-0.2, 0) is 4.57 Å². The van der Waals surface area contributed by atoms with Crippen LogP contribution >= 0.6 is 7.14 Å². The second-order valence-electron chi connectivity index (χ2n) is 2.92. The molecule has 0 unspecified atom stereocenters. The lowest BCUT2D eigenvalue weighted by molar-refractivity contribution is 0.375. The summed E-state index contributed by atoms with van der Waals surface area (Å²) in [4.78, 5) is 7.15. The lowest BCUT2D eigenvalue weighted by Crippen LogP contribution is -2.10. The minimum absolute atomic E-state index is 0.167. The van der Waals surface area contributed by atoms with E-state index in [1.54, 1.807) is 13.3 Å². The molecule has 0 saturated heterocycles. The summed E-state index contributed by atoms with van der Waals surface area (Å²) < 4.78 is 16.5. The first-order valence-electron chi connectivity index (χ1n) is 3.60. The van der Waals surface area contributed by atoms with E-state index in [-0.39, 0.29) is 11.9 Å². The van der Waals surface area contributed by atoms with Crippen molar-refractivity contribution in [3.05, 3.63) is 6.20 Å². The molecule has 5 nitrogen and oxygen atoms in total. The predicted octanol–water partition coefficient (Wildman–Crippen LogP) is 0.439. The van der Waals surface area contributed by atoms with Gasteiger partial charge in [-0.1, -0.05) is 0 Å². The van der Waals surface area contributed by atoms with Crippen molar-refractivity contribution in [2.45, 2.75) is 0 Å². The Hall–Kier alpha value is -1.09. The van der Waals surface area contributed by atoms with E-state index in [1.807, 2.05) is 0 Å². The molecule has 0 fully saturated rings. The highest BCUT2D eigenvalue weighted by Gasteiger charge is 2.19. The SMILES string of the molecule is COc1nc(O)ncc1P(C)(C)=O. The fraction of sp³-hybridized carbons (Fsp3) is 0.429. The minimum atomic E-state index is -2.45. The monoisotopic (exact) mass is 202 g/mol. The number of methoxy groups -OCH3 is 1. The maximum Gasteiger partial charge on any atom is 0.317 e. The van der Waals surface area contributed by atoms with E-state index < -0.39 is 7.14 Å². The molecular weight excluding hydrogens is 191 g/mol. The fourth-order valence-corrected chi connectivity index (χ4v) is 1.81. The van der Waals surface area contributed by atoms with Crippen LogP contribution in [0.5, 0.6) is 11.9 Å². The Morgan fingerprint density at radius 2 is 2.15 bits per heavy atom. The first-order chi connectivity index (χ1) is 5.95. The molecule has 1 N–H and O–H groups in total. The third-order valence-corrected chi connectivity index (χ3v) is 2.96. The summed E-state index contributed by atoms with van der Waals surface area (Å²) in [5.74, 6) is 0.167. The summed E-state index contributed by atoms with van der Waals surface area (Å²) in [6, 6.07) is -0.381. The van der Waals surface area contributed by atoms with Crippen LogP contribution in [0.3, 0.4) is 0 Å². The van der Waals surface area contributed by atoms with Crippen LogP contribution in [0, 0.1) is 0 Å². The molecule has 0 aliphatic carbocycles. The van der Waals surface area contributed by atoms with Crippen LogP contribution in [0.4, 0.5) is 0 Å². The van der Waals surface area contributed by atoms with Gasteiger partial charge in [0, 0.05) is 6.20 Å². The molecule has 1 rings (SSSR count). The number of rotatable bonds is 2. The van der Waals surface area contributed by atoms with Gasteiger partial charge in [0.1, 0.15) is 7.14 Å². The molecule has 0 amide bonds. The third-order valence-electron chi connectivity index (χ3n) is 1.50. The highest BCUT2D eigenvalue weighted by atomic mass is 31.2. The van der Waals surface area contributed by atoms with Crippen molar-refractivity contribution in [2.75, 3.05) is 20.4 Å². The van der Waals surface area contributed by atoms with Crippen molar-refractivity contribution < 1.29 is 14.4 Å². The highest BCUT2D eigenvalue weighted by Crippen LogP contribution is 2.37. The molecule has 1 aromatic heterocycles. The quantitative estimate of drug-likeness (QED) is 0.704. The average Bonchev–Trinajstić information content (AvgIpc) is 2.01. The first kappa shape index (κ1) is 9.99. The molecule has 0 atom stereocenters.